The molecular formula is C13H10BrF. The van der Waals surface area contributed by atoms with Gasteiger partial charge in [-0.3, -0.25) is 0 Å². The van der Waals surface area contributed by atoms with E-state index in [0.29, 0.717) is 5.39 Å². The highest BCUT2D eigenvalue weighted by atomic mass is 79.9. The lowest BCUT2D eigenvalue weighted by molar-refractivity contribution is 0.638. The molecule has 0 saturated carbocycles. The van der Waals surface area contributed by atoms with E-state index in [4.69, 9.17) is 0 Å². The third-order valence-electron chi connectivity index (χ3n) is 2.41. The SMILES string of the molecule is C=Cc1ccc2c(F)cc(C)cc2c1Br. The molecule has 0 nitrogen and oxygen atoms in total. The van der Waals surface area contributed by atoms with Gasteiger partial charge in [0.15, 0.2) is 0 Å². The maximum absolute atomic E-state index is 13.6. The number of hydrogen-bond donors (Lipinski definition) is 0. The number of halogens is 2. The number of hydrogen-bond acceptors (Lipinski definition) is 0. The quantitative estimate of drug-likeness (QED) is 0.701. The first kappa shape index (κ1) is 10.4. The van der Waals surface area contributed by atoms with Gasteiger partial charge in [-0.1, -0.05) is 30.9 Å². The second-order valence-electron chi connectivity index (χ2n) is 3.51. The maximum Gasteiger partial charge on any atom is 0.131 e. The average Bonchev–Trinajstić information content (AvgIpc) is 2.19. The van der Waals surface area contributed by atoms with Crippen molar-refractivity contribution in [2.75, 3.05) is 0 Å². The van der Waals surface area contributed by atoms with Crippen LogP contribution in [0.25, 0.3) is 16.8 Å². The molecule has 2 aromatic rings. The number of aryl methyl sites for hydroxylation is 1. The van der Waals surface area contributed by atoms with Gasteiger partial charge in [-0.2, -0.15) is 0 Å². The average molecular weight is 265 g/mol. The molecule has 0 aliphatic heterocycles. The van der Waals surface area contributed by atoms with Crippen LogP contribution < -0.4 is 0 Å². The lowest BCUT2D eigenvalue weighted by atomic mass is 10.0. The molecule has 0 atom stereocenters. The van der Waals surface area contributed by atoms with Crippen LogP contribution >= 0.6 is 15.9 Å². The second kappa shape index (κ2) is 3.78. The fraction of sp³-hybridized carbons (Fsp3) is 0.0769. The molecule has 0 N–H and O–H groups in total. The van der Waals surface area contributed by atoms with Gasteiger partial charge in [-0.25, -0.2) is 4.39 Å². The van der Waals surface area contributed by atoms with Crippen molar-refractivity contribution < 1.29 is 4.39 Å². The van der Waals surface area contributed by atoms with Gasteiger partial charge in [0.25, 0.3) is 0 Å². The van der Waals surface area contributed by atoms with Gasteiger partial charge in [-0.05, 0) is 45.4 Å². The molecule has 15 heavy (non-hydrogen) atoms. The Hall–Kier alpha value is -1.15. The van der Waals surface area contributed by atoms with E-state index in [9.17, 15) is 4.39 Å². The molecular weight excluding hydrogens is 255 g/mol. The van der Waals surface area contributed by atoms with Crippen LogP contribution in [0.3, 0.4) is 0 Å². The summed E-state index contributed by atoms with van der Waals surface area (Å²) in [6.07, 6.45) is 1.75. The third kappa shape index (κ3) is 1.70. The van der Waals surface area contributed by atoms with Crippen molar-refractivity contribution >= 4 is 32.8 Å². The Kier molecular flexibility index (Phi) is 2.61. The van der Waals surface area contributed by atoms with Crippen LogP contribution in [0.15, 0.2) is 35.3 Å². The van der Waals surface area contributed by atoms with Gasteiger partial charge in [0.05, 0.1) is 0 Å². The Morgan fingerprint density at radius 2 is 2.00 bits per heavy atom. The van der Waals surface area contributed by atoms with Crippen molar-refractivity contribution in [2.24, 2.45) is 0 Å². The highest BCUT2D eigenvalue weighted by molar-refractivity contribution is 9.10. The molecule has 2 rings (SSSR count). The van der Waals surface area contributed by atoms with Crippen molar-refractivity contribution in [3.63, 3.8) is 0 Å². The van der Waals surface area contributed by atoms with E-state index in [-0.39, 0.29) is 5.82 Å². The summed E-state index contributed by atoms with van der Waals surface area (Å²) in [6.45, 7) is 5.60. The van der Waals surface area contributed by atoms with E-state index >= 15 is 0 Å². The molecule has 0 aromatic heterocycles. The molecule has 0 bridgehead atoms. The predicted molar refractivity (Wildman–Crippen MR) is 66.4 cm³/mol. The van der Waals surface area contributed by atoms with Crippen molar-refractivity contribution in [1.82, 2.24) is 0 Å². The van der Waals surface area contributed by atoms with E-state index in [2.05, 4.69) is 22.5 Å². The normalized spacial score (nSPS) is 10.6. The van der Waals surface area contributed by atoms with E-state index in [0.717, 1.165) is 21.0 Å². The summed E-state index contributed by atoms with van der Waals surface area (Å²) < 4.78 is 14.5. The lowest BCUT2D eigenvalue weighted by Gasteiger charge is -2.06. The summed E-state index contributed by atoms with van der Waals surface area (Å²) in [5.41, 5.74) is 1.90. The summed E-state index contributed by atoms with van der Waals surface area (Å²) >= 11 is 3.47. The van der Waals surface area contributed by atoms with Crippen molar-refractivity contribution in [2.45, 2.75) is 6.92 Å². The highest BCUT2D eigenvalue weighted by Gasteiger charge is 2.07. The monoisotopic (exact) mass is 264 g/mol. The number of fused-ring (bicyclic) bond motifs is 1. The molecule has 2 aromatic carbocycles. The zero-order valence-corrected chi connectivity index (χ0v) is 9.94. The topological polar surface area (TPSA) is 0 Å². The van der Waals surface area contributed by atoms with Gasteiger partial charge in [0.1, 0.15) is 5.82 Å². The molecule has 0 aliphatic carbocycles. The van der Waals surface area contributed by atoms with Gasteiger partial charge in [0.2, 0.25) is 0 Å². The summed E-state index contributed by atoms with van der Waals surface area (Å²) in [4.78, 5) is 0. The first-order valence-corrected chi connectivity index (χ1v) is 5.43. The second-order valence-corrected chi connectivity index (χ2v) is 4.31. The summed E-state index contributed by atoms with van der Waals surface area (Å²) in [5, 5.41) is 1.53. The van der Waals surface area contributed by atoms with Gasteiger partial charge in [-0.15, -0.1) is 0 Å². The lowest BCUT2D eigenvalue weighted by Crippen LogP contribution is -1.86. The van der Waals surface area contributed by atoms with Crippen LogP contribution in [0.4, 0.5) is 4.39 Å². The minimum atomic E-state index is -0.179. The standard InChI is InChI=1S/C13H10BrF/c1-3-9-4-5-10-11(13(9)14)6-8(2)7-12(10)15/h3-7H,1H2,2H3. The minimum Gasteiger partial charge on any atom is -0.206 e. The van der Waals surface area contributed by atoms with Crippen LogP contribution in [0.2, 0.25) is 0 Å². The molecule has 0 fully saturated rings. The van der Waals surface area contributed by atoms with E-state index in [1.165, 1.54) is 0 Å². The van der Waals surface area contributed by atoms with E-state index in [1.807, 2.05) is 19.1 Å². The molecule has 0 unspecified atom stereocenters. The van der Waals surface area contributed by atoms with Crippen LogP contribution in [0, 0.1) is 12.7 Å². The number of benzene rings is 2. The zero-order chi connectivity index (χ0) is 11.0. The van der Waals surface area contributed by atoms with Crippen molar-refractivity contribution in [1.29, 1.82) is 0 Å². The minimum absolute atomic E-state index is 0.179. The summed E-state index contributed by atoms with van der Waals surface area (Å²) in [5.74, 6) is -0.179. The fourth-order valence-corrected chi connectivity index (χ4v) is 2.29. The molecule has 0 amide bonds. The van der Waals surface area contributed by atoms with Gasteiger partial charge in [0, 0.05) is 9.86 Å². The Balaban J connectivity index is 2.92. The third-order valence-corrected chi connectivity index (χ3v) is 3.30. The van der Waals surface area contributed by atoms with Gasteiger partial charge >= 0.3 is 0 Å². The Bertz CT molecular complexity index is 544. The van der Waals surface area contributed by atoms with Crippen molar-refractivity contribution in [3.8, 4) is 0 Å². The molecule has 0 aliphatic rings. The fourth-order valence-electron chi connectivity index (χ4n) is 1.66. The highest BCUT2D eigenvalue weighted by Crippen LogP contribution is 2.30. The maximum atomic E-state index is 13.6. The van der Waals surface area contributed by atoms with E-state index < -0.39 is 0 Å². The van der Waals surface area contributed by atoms with Crippen LogP contribution in [-0.4, -0.2) is 0 Å². The predicted octanol–water partition coefficient (Wildman–Crippen LogP) is 4.69. The Labute approximate surface area is 96.6 Å². The number of rotatable bonds is 1. The van der Waals surface area contributed by atoms with E-state index in [1.54, 1.807) is 18.2 Å². The largest absolute Gasteiger partial charge is 0.206 e. The Morgan fingerprint density at radius 1 is 1.27 bits per heavy atom. The zero-order valence-electron chi connectivity index (χ0n) is 8.35. The molecule has 2 heteroatoms. The molecule has 0 radical (unpaired) electrons. The first-order valence-electron chi connectivity index (χ1n) is 4.64. The van der Waals surface area contributed by atoms with Crippen molar-refractivity contribution in [3.05, 3.63) is 52.3 Å². The molecule has 0 saturated heterocycles. The molecule has 0 spiro atoms. The first-order chi connectivity index (χ1) is 7.13. The van der Waals surface area contributed by atoms with Crippen LogP contribution in [0.5, 0.6) is 0 Å². The van der Waals surface area contributed by atoms with Crippen LogP contribution in [-0.2, 0) is 0 Å². The van der Waals surface area contributed by atoms with Crippen LogP contribution in [0.1, 0.15) is 11.1 Å². The summed E-state index contributed by atoms with van der Waals surface area (Å²) in [7, 11) is 0. The molecule has 0 heterocycles. The van der Waals surface area contributed by atoms with Gasteiger partial charge < -0.3 is 0 Å². The Morgan fingerprint density at radius 3 is 2.67 bits per heavy atom. The smallest absolute Gasteiger partial charge is 0.131 e. The molecule has 76 valence electrons. The summed E-state index contributed by atoms with van der Waals surface area (Å²) in [6, 6.07) is 7.15.